The third-order valence-electron chi connectivity index (χ3n) is 3.58. The van der Waals surface area contributed by atoms with Gasteiger partial charge < -0.3 is 14.8 Å². The molecule has 3 aromatic rings. The van der Waals surface area contributed by atoms with Gasteiger partial charge in [0.2, 0.25) is 5.91 Å². The lowest BCUT2D eigenvalue weighted by Gasteiger charge is -2.10. The smallest absolute Gasteiger partial charge is 0.248 e. The number of anilines is 1. The van der Waals surface area contributed by atoms with E-state index in [0.717, 1.165) is 0 Å². The molecule has 1 N–H and O–H groups in total. The van der Waals surface area contributed by atoms with Gasteiger partial charge in [-0.25, -0.2) is 4.98 Å². The van der Waals surface area contributed by atoms with Crippen molar-refractivity contribution in [2.75, 3.05) is 19.5 Å². The minimum atomic E-state index is -0.314. The van der Waals surface area contributed by atoms with E-state index in [0.29, 0.717) is 33.7 Å². The molecule has 0 aliphatic heterocycles. The minimum Gasteiger partial charge on any atom is -0.497 e. The monoisotopic (exact) mass is 357 g/mol. The maximum absolute atomic E-state index is 12.2. The van der Waals surface area contributed by atoms with Crippen molar-refractivity contribution in [3.05, 3.63) is 59.5 Å². The lowest BCUT2D eigenvalue weighted by Crippen LogP contribution is -2.09. The van der Waals surface area contributed by atoms with Crippen LogP contribution in [0.3, 0.4) is 0 Å². The molecule has 6 nitrogen and oxygen atoms in total. The topological polar surface area (TPSA) is 64.9 Å². The predicted octanol–water partition coefficient (Wildman–Crippen LogP) is 3.66. The summed E-state index contributed by atoms with van der Waals surface area (Å²) in [7, 11) is 3.09. The van der Waals surface area contributed by atoms with Gasteiger partial charge in [0.25, 0.3) is 0 Å². The van der Waals surface area contributed by atoms with Crippen molar-refractivity contribution in [1.82, 2.24) is 9.38 Å². The number of halogens is 1. The van der Waals surface area contributed by atoms with Crippen molar-refractivity contribution in [3.8, 4) is 11.5 Å². The Balaban J connectivity index is 1.80. The zero-order valence-corrected chi connectivity index (χ0v) is 14.4. The average molecular weight is 358 g/mol. The molecule has 0 fully saturated rings. The maximum Gasteiger partial charge on any atom is 0.248 e. The Labute approximate surface area is 149 Å². The Morgan fingerprint density at radius 1 is 1.24 bits per heavy atom. The van der Waals surface area contributed by atoms with Crippen molar-refractivity contribution in [2.24, 2.45) is 0 Å². The molecule has 0 bridgehead atoms. The van der Waals surface area contributed by atoms with Gasteiger partial charge in [0, 0.05) is 18.3 Å². The first-order valence-electron chi connectivity index (χ1n) is 7.46. The van der Waals surface area contributed by atoms with Crippen LogP contribution in [0.5, 0.6) is 11.5 Å². The SMILES string of the molecule is COc1ccc(NC(=O)/C=C/c2c(Cl)nc3ccccn23)c(OC)c1. The third kappa shape index (κ3) is 3.59. The normalized spacial score (nSPS) is 11.0. The van der Waals surface area contributed by atoms with E-state index >= 15 is 0 Å². The van der Waals surface area contributed by atoms with Gasteiger partial charge in [-0.05, 0) is 30.3 Å². The Morgan fingerprint density at radius 2 is 2.08 bits per heavy atom. The van der Waals surface area contributed by atoms with E-state index in [4.69, 9.17) is 21.1 Å². The number of carbonyl (C=O) groups excluding carboxylic acids is 1. The van der Waals surface area contributed by atoms with E-state index in [1.54, 1.807) is 35.8 Å². The van der Waals surface area contributed by atoms with Crippen LogP contribution in [0.2, 0.25) is 5.15 Å². The zero-order valence-electron chi connectivity index (χ0n) is 13.7. The first-order chi connectivity index (χ1) is 12.1. The first-order valence-corrected chi connectivity index (χ1v) is 7.84. The predicted molar refractivity (Wildman–Crippen MR) is 97.4 cm³/mol. The van der Waals surface area contributed by atoms with Crippen LogP contribution in [-0.2, 0) is 4.79 Å². The molecule has 0 radical (unpaired) electrons. The van der Waals surface area contributed by atoms with Crippen LogP contribution in [0.15, 0.2) is 48.7 Å². The second-order valence-electron chi connectivity index (χ2n) is 5.11. The van der Waals surface area contributed by atoms with E-state index in [1.165, 1.54) is 13.2 Å². The minimum absolute atomic E-state index is 0.314. The molecule has 0 atom stereocenters. The summed E-state index contributed by atoms with van der Waals surface area (Å²) < 4.78 is 12.2. The van der Waals surface area contributed by atoms with Crippen LogP contribution in [-0.4, -0.2) is 29.5 Å². The number of aromatic nitrogens is 2. The van der Waals surface area contributed by atoms with Crippen LogP contribution in [0.4, 0.5) is 5.69 Å². The summed E-state index contributed by atoms with van der Waals surface area (Å²) in [6.07, 6.45) is 4.85. The van der Waals surface area contributed by atoms with Gasteiger partial charge in [0.15, 0.2) is 5.15 Å². The van der Waals surface area contributed by atoms with Crippen LogP contribution in [0.25, 0.3) is 11.7 Å². The first kappa shape index (κ1) is 16.9. The third-order valence-corrected chi connectivity index (χ3v) is 3.86. The summed E-state index contributed by atoms with van der Waals surface area (Å²) in [6.45, 7) is 0. The fourth-order valence-corrected chi connectivity index (χ4v) is 2.61. The molecule has 2 heterocycles. The van der Waals surface area contributed by atoms with Crippen molar-refractivity contribution >= 4 is 34.9 Å². The van der Waals surface area contributed by atoms with E-state index in [2.05, 4.69) is 10.3 Å². The van der Waals surface area contributed by atoms with Gasteiger partial charge in [-0.1, -0.05) is 17.7 Å². The van der Waals surface area contributed by atoms with Gasteiger partial charge in [0.1, 0.15) is 17.1 Å². The van der Waals surface area contributed by atoms with E-state index in [-0.39, 0.29) is 5.91 Å². The second-order valence-corrected chi connectivity index (χ2v) is 5.46. The van der Waals surface area contributed by atoms with Crippen molar-refractivity contribution in [2.45, 2.75) is 0 Å². The number of methoxy groups -OCH3 is 2. The quantitative estimate of drug-likeness (QED) is 0.708. The molecule has 0 saturated carbocycles. The molecule has 0 spiro atoms. The van der Waals surface area contributed by atoms with Crippen LogP contribution in [0, 0.1) is 0 Å². The summed E-state index contributed by atoms with van der Waals surface area (Å²) in [4.78, 5) is 16.5. The van der Waals surface area contributed by atoms with Gasteiger partial charge in [-0.3, -0.25) is 9.20 Å². The number of amides is 1. The largest absolute Gasteiger partial charge is 0.497 e. The summed E-state index contributed by atoms with van der Waals surface area (Å²) in [6, 6.07) is 10.7. The Kier molecular flexibility index (Phi) is 4.90. The molecule has 2 aromatic heterocycles. The van der Waals surface area contributed by atoms with Gasteiger partial charge in [-0.15, -0.1) is 0 Å². The summed E-state index contributed by atoms with van der Waals surface area (Å²) in [5.74, 6) is 0.835. The lowest BCUT2D eigenvalue weighted by atomic mass is 10.2. The second kappa shape index (κ2) is 7.27. The number of carbonyl (C=O) groups is 1. The van der Waals surface area contributed by atoms with E-state index in [9.17, 15) is 4.79 Å². The number of hydrogen-bond acceptors (Lipinski definition) is 4. The lowest BCUT2D eigenvalue weighted by molar-refractivity contribution is -0.111. The summed E-state index contributed by atoms with van der Waals surface area (Å²) in [5.41, 5.74) is 1.89. The van der Waals surface area contributed by atoms with Gasteiger partial charge in [0.05, 0.1) is 25.6 Å². The molecule has 1 aromatic carbocycles. The van der Waals surface area contributed by atoms with E-state index < -0.39 is 0 Å². The van der Waals surface area contributed by atoms with Crippen molar-refractivity contribution < 1.29 is 14.3 Å². The van der Waals surface area contributed by atoms with Crippen LogP contribution in [0.1, 0.15) is 5.69 Å². The number of ether oxygens (including phenoxy) is 2. The maximum atomic E-state index is 12.2. The summed E-state index contributed by atoms with van der Waals surface area (Å²) in [5, 5.41) is 3.09. The standard InChI is InChI=1S/C18H16ClN3O3/c1-24-12-6-7-13(15(11-12)25-2)20-17(23)9-8-14-18(19)21-16-5-3-4-10-22(14)16/h3-11H,1-2H3,(H,20,23)/b9-8+. The number of nitrogens with one attached hydrogen (secondary N) is 1. The molecular formula is C18H16ClN3O3. The molecule has 0 aliphatic rings. The van der Waals surface area contributed by atoms with Crippen molar-refractivity contribution in [1.29, 1.82) is 0 Å². The molecule has 1 amide bonds. The summed E-state index contributed by atoms with van der Waals surface area (Å²) >= 11 is 6.14. The molecule has 0 unspecified atom stereocenters. The fraction of sp³-hybridized carbons (Fsp3) is 0.111. The number of fused-ring (bicyclic) bond motifs is 1. The number of hydrogen-bond donors (Lipinski definition) is 1. The molecule has 25 heavy (non-hydrogen) atoms. The number of benzene rings is 1. The highest BCUT2D eigenvalue weighted by atomic mass is 35.5. The molecule has 3 rings (SSSR count). The zero-order chi connectivity index (χ0) is 17.8. The molecule has 128 valence electrons. The molecule has 0 saturated heterocycles. The number of rotatable bonds is 5. The van der Waals surface area contributed by atoms with Crippen molar-refractivity contribution in [3.63, 3.8) is 0 Å². The fourth-order valence-electron chi connectivity index (χ4n) is 2.37. The highest BCUT2D eigenvalue weighted by molar-refractivity contribution is 6.31. The average Bonchev–Trinajstić information content (AvgIpc) is 2.95. The van der Waals surface area contributed by atoms with Gasteiger partial charge >= 0.3 is 0 Å². The molecular weight excluding hydrogens is 342 g/mol. The Hall–Kier alpha value is -2.99. The van der Waals surface area contributed by atoms with Gasteiger partial charge in [-0.2, -0.15) is 0 Å². The highest BCUT2D eigenvalue weighted by Crippen LogP contribution is 2.29. The highest BCUT2D eigenvalue weighted by Gasteiger charge is 2.09. The Morgan fingerprint density at radius 3 is 2.84 bits per heavy atom. The van der Waals surface area contributed by atoms with Crippen LogP contribution >= 0.6 is 11.6 Å². The van der Waals surface area contributed by atoms with Crippen LogP contribution < -0.4 is 14.8 Å². The Bertz CT molecular complexity index is 950. The van der Waals surface area contributed by atoms with E-state index in [1.807, 2.05) is 24.4 Å². The number of pyridine rings is 1. The number of nitrogens with zero attached hydrogens (tertiary/aromatic N) is 2. The molecule has 7 heteroatoms. The molecule has 0 aliphatic carbocycles. The number of imidazole rings is 1.